The molecule has 0 bridgehead atoms. The molecule has 3 fully saturated rings. The van der Waals surface area contributed by atoms with Gasteiger partial charge < -0.3 is 10.2 Å². The third kappa shape index (κ3) is 4.51. The summed E-state index contributed by atoms with van der Waals surface area (Å²) in [6.07, 6.45) is 13.1. The van der Waals surface area contributed by atoms with E-state index >= 15 is 0 Å². The van der Waals surface area contributed by atoms with Crippen LogP contribution in [0.3, 0.4) is 0 Å². The van der Waals surface area contributed by atoms with Crippen LogP contribution in [0.5, 0.6) is 0 Å². The van der Waals surface area contributed by atoms with Crippen molar-refractivity contribution in [3.63, 3.8) is 0 Å². The number of likely N-dealkylation sites (tertiary alicyclic amines) is 1. The Hall–Kier alpha value is -0.610. The number of piperidine rings is 1. The van der Waals surface area contributed by atoms with Crippen molar-refractivity contribution in [2.24, 2.45) is 10.4 Å². The van der Waals surface area contributed by atoms with E-state index in [-0.39, 0.29) is 0 Å². The molecule has 1 saturated heterocycles. The lowest BCUT2D eigenvalue weighted by atomic mass is 9.86. The third-order valence-electron chi connectivity index (χ3n) is 6.27. The Morgan fingerprint density at radius 1 is 1.17 bits per heavy atom. The molecule has 3 rings (SSSR count). The summed E-state index contributed by atoms with van der Waals surface area (Å²) < 4.78 is 1.08. The van der Waals surface area contributed by atoms with E-state index < -0.39 is 0 Å². The highest BCUT2D eigenvalue weighted by atomic mass is 79.9. The summed E-state index contributed by atoms with van der Waals surface area (Å²) in [7, 11) is 1.85. The number of allylic oxidation sites excluding steroid dienone is 1. The minimum Gasteiger partial charge on any atom is -0.367 e. The molecule has 1 aliphatic heterocycles. The van der Waals surface area contributed by atoms with E-state index in [4.69, 9.17) is 0 Å². The standard InChI is InChI=1S/C20H32BrN3/c1-15(14-16(2)21)19(22-3)23-17-4-6-18(7-5-17)24-12-10-20(8-9-20)11-13-24/h14,17-18H,1,4-13H2,2-3H3,(H,22,23)/b16-14+/t17-,18-. The van der Waals surface area contributed by atoms with Gasteiger partial charge in [-0.25, -0.2) is 0 Å². The molecule has 1 heterocycles. The Bertz CT molecular complexity index is 511. The fourth-order valence-corrected chi connectivity index (χ4v) is 4.70. The molecular formula is C20H32BrN3. The van der Waals surface area contributed by atoms with Crippen LogP contribution >= 0.6 is 15.9 Å². The number of nitrogens with zero attached hydrogens (tertiary/aromatic N) is 2. The molecule has 3 aliphatic rings. The second kappa shape index (κ2) is 7.74. The maximum atomic E-state index is 4.40. The third-order valence-corrected chi connectivity index (χ3v) is 6.50. The van der Waals surface area contributed by atoms with Crippen LogP contribution in [0.2, 0.25) is 0 Å². The van der Waals surface area contributed by atoms with E-state index in [0.717, 1.165) is 27.3 Å². The van der Waals surface area contributed by atoms with Crippen molar-refractivity contribution in [2.45, 2.75) is 70.4 Å². The Balaban J connectivity index is 1.44. The van der Waals surface area contributed by atoms with Crippen molar-refractivity contribution in [1.82, 2.24) is 10.2 Å². The van der Waals surface area contributed by atoms with Crippen LogP contribution in [0, 0.1) is 5.41 Å². The molecule has 0 atom stereocenters. The maximum absolute atomic E-state index is 4.40. The molecule has 0 radical (unpaired) electrons. The molecule has 2 aliphatic carbocycles. The first-order valence-electron chi connectivity index (χ1n) is 9.52. The summed E-state index contributed by atoms with van der Waals surface area (Å²) in [4.78, 5) is 7.18. The van der Waals surface area contributed by atoms with Gasteiger partial charge in [0, 0.05) is 24.7 Å². The van der Waals surface area contributed by atoms with E-state index in [1.807, 2.05) is 20.0 Å². The van der Waals surface area contributed by atoms with Crippen LogP contribution in [0.15, 0.2) is 27.7 Å². The number of nitrogens with one attached hydrogen (secondary N) is 1. The zero-order valence-electron chi connectivity index (χ0n) is 15.3. The van der Waals surface area contributed by atoms with Gasteiger partial charge in [0.1, 0.15) is 5.84 Å². The quantitative estimate of drug-likeness (QED) is 0.427. The summed E-state index contributed by atoms with van der Waals surface area (Å²) in [5.74, 6) is 0.936. The van der Waals surface area contributed by atoms with E-state index in [1.54, 1.807) is 0 Å². The van der Waals surface area contributed by atoms with Gasteiger partial charge in [-0.15, -0.1) is 0 Å². The van der Waals surface area contributed by atoms with Crippen molar-refractivity contribution in [1.29, 1.82) is 0 Å². The first-order valence-corrected chi connectivity index (χ1v) is 10.3. The van der Waals surface area contributed by atoms with Crippen molar-refractivity contribution < 1.29 is 0 Å². The zero-order valence-corrected chi connectivity index (χ0v) is 16.9. The molecule has 2 saturated carbocycles. The van der Waals surface area contributed by atoms with Gasteiger partial charge in [0.15, 0.2) is 0 Å². The lowest BCUT2D eigenvalue weighted by molar-refractivity contribution is 0.0946. The van der Waals surface area contributed by atoms with Crippen LogP contribution in [-0.4, -0.2) is 43.0 Å². The van der Waals surface area contributed by atoms with Gasteiger partial charge in [0.2, 0.25) is 0 Å². The normalized spacial score (nSPS) is 31.1. The molecule has 0 unspecified atom stereocenters. The molecule has 1 N–H and O–H groups in total. The number of amidine groups is 1. The number of hydrogen-bond acceptors (Lipinski definition) is 2. The lowest BCUT2D eigenvalue weighted by Crippen LogP contribution is -2.47. The molecule has 24 heavy (non-hydrogen) atoms. The Kier molecular flexibility index (Phi) is 5.86. The molecule has 134 valence electrons. The van der Waals surface area contributed by atoms with E-state index in [0.29, 0.717) is 6.04 Å². The highest BCUT2D eigenvalue weighted by Gasteiger charge is 2.45. The second-order valence-corrected chi connectivity index (χ2v) is 9.27. The van der Waals surface area contributed by atoms with Crippen LogP contribution in [0.1, 0.15) is 58.3 Å². The molecule has 1 spiro atoms. The predicted molar refractivity (Wildman–Crippen MR) is 107 cm³/mol. The van der Waals surface area contributed by atoms with Crippen LogP contribution in [0.4, 0.5) is 0 Å². The van der Waals surface area contributed by atoms with Gasteiger partial charge >= 0.3 is 0 Å². The number of rotatable bonds is 4. The summed E-state index contributed by atoms with van der Waals surface area (Å²) >= 11 is 3.47. The summed E-state index contributed by atoms with van der Waals surface area (Å²) in [5.41, 5.74) is 1.75. The van der Waals surface area contributed by atoms with Gasteiger partial charge in [0.05, 0.1) is 0 Å². The molecule has 0 amide bonds. The first-order chi connectivity index (χ1) is 11.5. The first kappa shape index (κ1) is 18.2. The molecule has 0 aromatic carbocycles. The monoisotopic (exact) mass is 393 g/mol. The minimum absolute atomic E-state index is 0.542. The van der Waals surface area contributed by atoms with Gasteiger partial charge in [-0.05, 0) is 87.4 Å². The fraction of sp³-hybridized carbons (Fsp3) is 0.750. The maximum Gasteiger partial charge on any atom is 0.127 e. The van der Waals surface area contributed by atoms with Crippen molar-refractivity contribution >= 4 is 21.8 Å². The minimum atomic E-state index is 0.542. The van der Waals surface area contributed by atoms with Gasteiger partial charge in [-0.1, -0.05) is 22.5 Å². The fourth-order valence-electron chi connectivity index (χ4n) is 4.43. The van der Waals surface area contributed by atoms with Gasteiger partial charge in [-0.2, -0.15) is 0 Å². The summed E-state index contributed by atoms with van der Waals surface area (Å²) in [6.45, 7) is 8.84. The smallest absolute Gasteiger partial charge is 0.127 e. The molecule has 0 aromatic heterocycles. The molecule has 4 heteroatoms. The number of halogens is 1. The van der Waals surface area contributed by atoms with Gasteiger partial charge in [-0.3, -0.25) is 4.99 Å². The van der Waals surface area contributed by atoms with Crippen LogP contribution in [0.25, 0.3) is 0 Å². The summed E-state index contributed by atoms with van der Waals surface area (Å²) in [5, 5.41) is 3.62. The number of aliphatic imine (C=N–C) groups is 1. The Morgan fingerprint density at radius 3 is 2.29 bits per heavy atom. The lowest BCUT2D eigenvalue weighted by Gasteiger charge is -2.41. The predicted octanol–water partition coefficient (Wildman–Crippen LogP) is 4.65. The molecule has 3 nitrogen and oxygen atoms in total. The highest BCUT2D eigenvalue weighted by molar-refractivity contribution is 9.11. The highest BCUT2D eigenvalue weighted by Crippen LogP contribution is 2.54. The number of hydrogen-bond donors (Lipinski definition) is 1. The van der Waals surface area contributed by atoms with E-state index in [1.165, 1.54) is 64.5 Å². The SMILES string of the molecule is C=C(/C=C(\C)Br)/C(=N\C)N[C@H]1CC[C@H](N2CCC3(CC2)CC3)CC1. The zero-order chi connectivity index (χ0) is 17.2. The van der Waals surface area contributed by atoms with Gasteiger partial charge in [0.25, 0.3) is 0 Å². The van der Waals surface area contributed by atoms with E-state index in [2.05, 4.69) is 37.7 Å². The molecule has 0 aromatic rings. The summed E-state index contributed by atoms with van der Waals surface area (Å²) in [6, 6.07) is 1.36. The van der Waals surface area contributed by atoms with Crippen molar-refractivity contribution in [3.05, 3.63) is 22.7 Å². The Morgan fingerprint density at radius 2 is 1.79 bits per heavy atom. The van der Waals surface area contributed by atoms with Crippen LogP contribution < -0.4 is 5.32 Å². The van der Waals surface area contributed by atoms with E-state index in [9.17, 15) is 0 Å². The Labute approximate surface area is 155 Å². The van der Waals surface area contributed by atoms with Crippen LogP contribution in [-0.2, 0) is 0 Å². The van der Waals surface area contributed by atoms with Crippen molar-refractivity contribution in [3.8, 4) is 0 Å². The van der Waals surface area contributed by atoms with Crippen molar-refractivity contribution in [2.75, 3.05) is 20.1 Å². The topological polar surface area (TPSA) is 27.6 Å². The average molecular weight is 394 g/mol. The second-order valence-electron chi connectivity index (χ2n) is 8.01. The largest absolute Gasteiger partial charge is 0.367 e. The molecular weight excluding hydrogens is 362 g/mol. The average Bonchev–Trinajstić information content (AvgIpc) is 3.32.